The maximum Gasteiger partial charge on any atom is 0.124 e. The van der Waals surface area contributed by atoms with E-state index in [0.717, 1.165) is 5.75 Å². The van der Waals surface area contributed by atoms with Crippen molar-refractivity contribution in [3.63, 3.8) is 0 Å². The van der Waals surface area contributed by atoms with E-state index in [1.54, 1.807) is 27.7 Å². The molecule has 0 aliphatic carbocycles. The van der Waals surface area contributed by atoms with Crippen molar-refractivity contribution in [3.05, 3.63) is 60.0 Å². The molecule has 1 unspecified atom stereocenters. The summed E-state index contributed by atoms with van der Waals surface area (Å²) in [4.78, 5) is 0. The second-order valence-corrected chi connectivity index (χ2v) is 7.10. The molecule has 1 rings (SSSR count). The number of hydrogen-bond donors (Lipinski definition) is 0. The topological polar surface area (TPSA) is 23.1 Å². The predicted octanol–water partition coefficient (Wildman–Crippen LogP) is 4.02. The Bertz CT molecular complexity index is 338. The highest BCUT2D eigenvalue weighted by Gasteiger charge is 1.97. The maximum atomic E-state index is 11.3. The van der Waals surface area contributed by atoms with Crippen molar-refractivity contribution in [3.8, 4) is 0 Å². The van der Waals surface area contributed by atoms with Crippen LogP contribution in [0.5, 0.6) is 0 Å². The molecule has 0 aromatic heterocycles. The molecule has 0 N–H and O–H groups in total. The van der Waals surface area contributed by atoms with Gasteiger partial charge in [-0.25, -0.2) is 0 Å². The minimum atomic E-state index is -0.789. The number of hydrogen-bond acceptors (Lipinski definition) is 3. The SMILES string of the molecule is C=CC[S+]([O-])CC=CSSCc1ccccc1. The van der Waals surface area contributed by atoms with Gasteiger partial charge in [0.25, 0.3) is 0 Å². The zero-order valence-corrected chi connectivity index (χ0v) is 12.0. The molecule has 0 saturated carbocycles. The molecule has 0 heterocycles. The molecule has 0 bridgehead atoms. The van der Waals surface area contributed by atoms with Gasteiger partial charge in [0.1, 0.15) is 11.5 Å². The van der Waals surface area contributed by atoms with Crippen LogP contribution in [0.4, 0.5) is 0 Å². The van der Waals surface area contributed by atoms with Crippen molar-refractivity contribution in [1.82, 2.24) is 0 Å². The Morgan fingerprint density at radius 3 is 2.71 bits per heavy atom. The highest BCUT2D eigenvalue weighted by Crippen LogP contribution is 2.26. The smallest absolute Gasteiger partial charge is 0.124 e. The molecule has 1 aromatic carbocycles. The first-order valence-electron chi connectivity index (χ1n) is 5.26. The summed E-state index contributed by atoms with van der Waals surface area (Å²) in [5.74, 6) is 2.18. The molecule has 1 atom stereocenters. The zero-order valence-electron chi connectivity index (χ0n) is 9.58. The molecule has 17 heavy (non-hydrogen) atoms. The summed E-state index contributed by atoms with van der Waals surface area (Å²) in [6.07, 6.45) is 3.66. The van der Waals surface area contributed by atoms with Crippen LogP contribution in [-0.2, 0) is 16.9 Å². The van der Waals surface area contributed by atoms with Crippen molar-refractivity contribution in [1.29, 1.82) is 0 Å². The van der Waals surface area contributed by atoms with Gasteiger partial charge in [-0.2, -0.15) is 0 Å². The van der Waals surface area contributed by atoms with Crippen LogP contribution in [-0.4, -0.2) is 16.1 Å². The third-order valence-corrected chi connectivity index (χ3v) is 5.03. The van der Waals surface area contributed by atoms with Gasteiger partial charge in [-0.15, -0.1) is 0 Å². The van der Waals surface area contributed by atoms with Gasteiger partial charge in [-0.3, -0.25) is 0 Å². The van der Waals surface area contributed by atoms with E-state index in [0.29, 0.717) is 11.5 Å². The van der Waals surface area contributed by atoms with Gasteiger partial charge in [-0.1, -0.05) is 58.5 Å². The molecule has 0 spiro atoms. The molecule has 1 aromatic rings. The normalized spacial score (nSPS) is 12.8. The van der Waals surface area contributed by atoms with Gasteiger partial charge >= 0.3 is 0 Å². The van der Waals surface area contributed by atoms with E-state index < -0.39 is 11.2 Å². The van der Waals surface area contributed by atoms with Gasteiger partial charge < -0.3 is 4.55 Å². The van der Waals surface area contributed by atoms with Crippen molar-refractivity contribution >= 4 is 32.8 Å². The maximum absolute atomic E-state index is 11.3. The predicted molar refractivity (Wildman–Crippen MR) is 82.5 cm³/mol. The quantitative estimate of drug-likeness (QED) is 0.312. The Morgan fingerprint density at radius 1 is 1.24 bits per heavy atom. The summed E-state index contributed by atoms with van der Waals surface area (Å²) in [5.41, 5.74) is 1.33. The lowest BCUT2D eigenvalue weighted by molar-refractivity contribution is 0.601. The Labute approximate surface area is 114 Å². The highest BCUT2D eigenvalue weighted by atomic mass is 33.1. The summed E-state index contributed by atoms with van der Waals surface area (Å²) in [7, 11) is 3.47. The molecule has 1 nitrogen and oxygen atoms in total. The molecule has 0 saturated heterocycles. The van der Waals surface area contributed by atoms with Crippen LogP contribution in [0.25, 0.3) is 0 Å². The third kappa shape index (κ3) is 7.60. The summed E-state index contributed by atoms with van der Waals surface area (Å²) in [6.45, 7) is 3.57. The summed E-state index contributed by atoms with van der Waals surface area (Å²) in [5, 5.41) is 2.01. The largest absolute Gasteiger partial charge is 0.616 e. The zero-order chi connectivity index (χ0) is 12.3. The van der Waals surface area contributed by atoms with Gasteiger partial charge in [0.05, 0.1) is 0 Å². The molecule has 0 radical (unpaired) electrons. The molecule has 0 fully saturated rings. The fourth-order valence-electron chi connectivity index (χ4n) is 1.10. The average Bonchev–Trinajstić information content (AvgIpc) is 2.35. The molecule has 0 aliphatic heterocycles. The summed E-state index contributed by atoms with van der Waals surface area (Å²) < 4.78 is 11.3. The van der Waals surface area contributed by atoms with E-state index in [2.05, 4.69) is 30.8 Å². The number of benzene rings is 1. The van der Waals surface area contributed by atoms with E-state index in [1.807, 2.05) is 17.6 Å². The summed E-state index contributed by atoms with van der Waals surface area (Å²) in [6, 6.07) is 10.4. The fraction of sp³-hybridized carbons (Fsp3) is 0.231. The lowest BCUT2D eigenvalue weighted by Crippen LogP contribution is -2.06. The second-order valence-electron chi connectivity index (χ2n) is 3.28. The lowest BCUT2D eigenvalue weighted by atomic mass is 10.2. The van der Waals surface area contributed by atoms with E-state index in [4.69, 9.17) is 0 Å². The van der Waals surface area contributed by atoms with Crippen LogP contribution in [0, 0.1) is 0 Å². The van der Waals surface area contributed by atoms with Crippen LogP contribution in [0.3, 0.4) is 0 Å². The van der Waals surface area contributed by atoms with E-state index in [1.165, 1.54) is 5.56 Å². The molecular weight excluding hydrogens is 268 g/mol. The molecule has 4 heteroatoms. The van der Waals surface area contributed by atoms with Gasteiger partial charge in [0.15, 0.2) is 0 Å². The van der Waals surface area contributed by atoms with Crippen LogP contribution >= 0.6 is 21.6 Å². The first-order chi connectivity index (χ1) is 8.33. The Balaban J connectivity index is 2.08. The monoisotopic (exact) mass is 284 g/mol. The Kier molecular flexibility index (Phi) is 8.44. The fourth-order valence-corrected chi connectivity index (χ4v) is 3.67. The van der Waals surface area contributed by atoms with Crippen molar-refractivity contribution < 1.29 is 4.55 Å². The Hall–Kier alpha value is -0.290. The first-order valence-corrected chi connectivity index (χ1v) is 9.13. The van der Waals surface area contributed by atoms with E-state index >= 15 is 0 Å². The van der Waals surface area contributed by atoms with Crippen LogP contribution in [0.15, 0.2) is 54.5 Å². The minimum Gasteiger partial charge on any atom is -0.616 e. The number of rotatable bonds is 8. The van der Waals surface area contributed by atoms with Crippen LogP contribution in [0.1, 0.15) is 5.56 Å². The summed E-state index contributed by atoms with van der Waals surface area (Å²) >= 11 is -0.789. The highest BCUT2D eigenvalue weighted by molar-refractivity contribution is 8.77. The second kappa shape index (κ2) is 9.71. The van der Waals surface area contributed by atoms with Gasteiger partial charge in [-0.05, 0) is 34.3 Å². The van der Waals surface area contributed by atoms with Crippen LogP contribution in [0.2, 0.25) is 0 Å². The molecule has 92 valence electrons. The van der Waals surface area contributed by atoms with E-state index in [9.17, 15) is 4.55 Å². The molecule has 0 amide bonds. The molecule has 0 aliphatic rings. The van der Waals surface area contributed by atoms with E-state index in [-0.39, 0.29) is 0 Å². The van der Waals surface area contributed by atoms with Gasteiger partial charge in [0, 0.05) is 5.75 Å². The van der Waals surface area contributed by atoms with Crippen molar-refractivity contribution in [2.24, 2.45) is 0 Å². The third-order valence-electron chi connectivity index (χ3n) is 1.87. The average molecular weight is 284 g/mol. The minimum absolute atomic E-state index is 0.576. The lowest BCUT2D eigenvalue weighted by Gasteiger charge is -2.04. The van der Waals surface area contributed by atoms with Crippen molar-refractivity contribution in [2.45, 2.75) is 5.75 Å². The first kappa shape index (κ1) is 14.8. The standard InChI is InChI=1S/C13H16OS3/c1-2-10-17(14)11-6-9-15-16-12-13-7-4-3-5-8-13/h2-9H,1,10-12H2. The molecular formula is C13H16OS3. The van der Waals surface area contributed by atoms with Crippen molar-refractivity contribution in [2.75, 3.05) is 11.5 Å². The van der Waals surface area contributed by atoms with Gasteiger partial charge in [0.2, 0.25) is 0 Å². The Morgan fingerprint density at radius 2 is 2.00 bits per heavy atom. The van der Waals surface area contributed by atoms with Crippen LogP contribution < -0.4 is 0 Å².